The van der Waals surface area contributed by atoms with Crippen LogP contribution in [0.15, 0.2) is 0 Å². The number of fused-ring (bicyclic) bond motifs is 1. The second kappa shape index (κ2) is 4.54. The van der Waals surface area contributed by atoms with Gasteiger partial charge in [-0.1, -0.05) is 6.92 Å². The molecule has 0 aromatic rings. The number of hydrogen-bond acceptors (Lipinski definition) is 4. The molecule has 0 saturated heterocycles. The molecule has 0 heterocycles. The van der Waals surface area contributed by atoms with Gasteiger partial charge in [-0.25, -0.2) is 0 Å². The molecule has 4 heteroatoms. The predicted octanol–water partition coefficient (Wildman–Crippen LogP) is 1.12. The first kappa shape index (κ1) is 14.9. The van der Waals surface area contributed by atoms with E-state index < -0.39 is 23.2 Å². The molecule has 0 aliphatic heterocycles. The van der Waals surface area contributed by atoms with Gasteiger partial charge in [0, 0.05) is 12.3 Å². The zero-order chi connectivity index (χ0) is 14.6. The van der Waals surface area contributed by atoms with Crippen LogP contribution in [0.25, 0.3) is 0 Å². The van der Waals surface area contributed by atoms with Crippen molar-refractivity contribution in [1.29, 1.82) is 0 Å². The number of hydrogen-bond donors (Lipinski definition) is 3. The average molecular weight is 270 g/mol. The highest BCUT2D eigenvalue weighted by atomic mass is 16.3. The van der Waals surface area contributed by atoms with E-state index in [2.05, 4.69) is 0 Å². The molecular weight excluding hydrogens is 244 g/mol. The summed E-state index contributed by atoms with van der Waals surface area (Å²) in [6, 6.07) is 0. The zero-order valence-corrected chi connectivity index (χ0v) is 12.3. The molecule has 0 aromatic carbocycles. The second-order valence-electron chi connectivity index (χ2n) is 7.29. The smallest absolute Gasteiger partial charge is 0.138 e. The molecule has 0 spiro atoms. The van der Waals surface area contributed by atoms with Gasteiger partial charge >= 0.3 is 0 Å². The number of carbonyl (C=O) groups is 1. The molecule has 2 rings (SSSR count). The van der Waals surface area contributed by atoms with Gasteiger partial charge in [-0.05, 0) is 51.4 Å². The lowest BCUT2D eigenvalue weighted by Crippen LogP contribution is -2.60. The Morgan fingerprint density at radius 2 is 1.95 bits per heavy atom. The molecule has 2 aliphatic rings. The van der Waals surface area contributed by atoms with E-state index in [1.807, 2.05) is 0 Å². The molecule has 1 unspecified atom stereocenters. The topological polar surface area (TPSA) is 77.8 Å². The normalized spacial score (nSPS) is 47.9. The van der Waals surface area contributed by atoms with Crippen molar-refractivity contribution >= 4 is 5.78 Å². The van der Waals surface area contributed by atoms with Crippen molar-refractivity contribution in [3.05, 3.63) is 0 Å². The fraction of sp³-hybridized carbons (Fsp3) is 0.933. The number of rotatable bonds is 1. The Balaban J connectivity index is 2.38. The molecule has 110 valence electrons. The predicted molar refractivity (Wildman–Crippen MR) is 71.4 cm³/mol. The first-order valence-electron chi connectivity index (χ1n) is 7.21. The summed E-state index contributed by atoms with van der Waals surface area (Å²) in [5, 5.41) is 31.3. The van der Waals surface area contributed by atoms with Crippen LogP contribution in [0.5, 0.6) is 0 Å². The summed E-state index contributed by atoms with van der Waals surface area (Å²) in [4.78, 5) is 12.0. The van der Waals surface area contributed by atoms with Crippen LogP contribution in [0.3, 0.4) is 0 Å². The fourth-order valence-corrected chi connectivity index (χ4v) is 4.10. The van der Waals surface area contributed by atoms with Gasteiger partial charge in [-0.3, -0.25) is 4.79 Å². The maximum Gasteiger partial charge on any atom is 0.138 e. The van der Waals surface area contributed by atoms with Gasteiger partial charge in [0.25, 0.3) is 0 Å². The Morgan fingerprint density at radius 1 is 1.37 bits per heavy atom. The van der Waals surface area contributed by atoms with E-state index in [1.165, 1.54) is 0 Å². The van der Waals surface area contributed by atoms with Gasteiger partial charge in [-0.15, -0.1) is 0 Å². The lowest BCUT2D eigenvalue weighted by molar-refractivity contribution is -0.184. The van der Waals surface area contributed by atoms with Crippen molar-refractivity contribution < 1.29 is 20.1 Å². The minimum Gasteiger partial charge on any atom is -0.392 e. The number of carbonyl (C=O) groups excluding carboxylic acids is 1. The third-order valence-electron chi connectivity index (χ3n) is 5.43. The van der Waals surface area contributed by atoms with Crippen molar-refractivity contribution in [1.82, 2.24) is 0 Å². The van der Waals surface area contributed by atoms with Gasteiger partial charge in [0.1, 0.15) is 5.78 Å². The molecule has 19 heavy (non-hydrogen) atoms. The average Bonchev–Trinajstić information content (AvgIpc) is 2.25. The molecule has 4 nitrogen and oxygen atoms in total. The van der Waals surface area contributed by atoms with E-state index in [0.29, 0.717) is 19.3 Å². The number of aliphatic hydroxyl groups is 3. The van der Waals surface area contributed by atoms with Crippen LogP contribution < -0.4 is 0 Å². The van der Waals surface area contributed by atoms with E-state index in [9.17, 15) is 20.1 Å². The highest BCUT2D eigenvalue weighted by Gasteiger charge is 2.56. The molecule has 2 fully saturated rings. The second-order valence-corrected chi connectivity index (χ2v) is 7.29. The molecule has 6 atom stereocenters. The zero-order valence-electron chi connectivity index (χ0n) is 12.3. The quantitative estimate of drug-likeness (QED) is 0.667. The molecule has 3 N–H and O–H groups in total. The SMILES string of the molecule is C[C@H]1C(=O)C[C@@H]2[C@@H](C1O)[C@H](C(C)(C)O)CC[C@@]2(C)O. The van der Waals surface area contributed by atoms with Crippen LogP contribution in [0.2, 0.25) is 0 Å². The Hall–Kier alpha value is -0.450. The number of Topliss-reactive ketones (excluding diaryl/α,β-unsaturated/α-hetero) is 1. The summed E-state index contributed by atoms with van der Waals surface area (Å²) in [6.45, 7) is 7.00. The standard InChI is InChI=1S/C15H26O4/c1-8-11(16)7-10-12(13(8)17)9(14(2,3)18)5-6-15(10,4)19/h8-10,12-13,17-19H,5-7H2,1-4H3/t8-,9+,10+,12-,13?,15+/m0/s1. The first-order chi connectivity index (χ1) is 8.55. The van der Waals surface area contributed by atoms with E-state index in [1.54, 1.807) is 27.7 Å². The van der Waals surface area contributed by atoms with Crippen molar-refractivity contribution in [2.45, 2.75) is 64.3 Å². The summed E-state index contributed by atoms with van der Waals surface area (Å²) < 4.78 is 0. The first-order valence-corrected chi connectivity index (χ1v) is 7.21. The van der Waals surface area contributed by atoms with E-state index in [0.717, 1.165) is 0 Å². The monoisotopic (exact) mass is 270 g/mol. The third-order valence-corrected chi connectivity index (χ3v) is 5.43. The van der Waals surface area contributed by atoms with Gasteiger partial charge in [0.2, 0.25) is 0 Å². The van der Waals surface area contributed by atoms with Crippen molar-refractivity contribution in [3.8, 4) is 0 Å². The maximum atomic E-state index is 12.0. The molecule has 0 bridgehead atoms. The summed E-state index contributed by atoms with van der Waals surface area (Å²) in [5.41, 5.74) is -1.83. The van der Waals surface area contributed by atoms with Crippen LogP contribution in [0.4, 0.5) is 0 Å². The lowest BCUT2D eigenvalue weighted by Gasteiger charge is -2.54. The molecular formula is C15H26O4. The molecule has 0 amide bonds. The van der Waals surface area contributed by atoms with Crippen LogP contribution in [-0.4, -0.2) is 38.4 Å². The highest BCUT2D eigenvalue weighted by Crippen LogP contribution is 2.51. The summed E-state index contributed by atoms with van der Waals surface area (Å²) >= 11 is 0. The van der Waals surface area contributed by atoms with Crippen LogP contribution >= 0.6 is 0 Å². The van der Waals surface area contributed by atoms with Crippen molar-refractivity contribution in [2.24, 2.45) is 23.7 Å². The molecule has 2 saturated carbocycles. The van der Waals surface area contributed by atoms with Crippen molar-refractivity contribution in [3.63, 3.8) is 0 Å². The largest absolute Gasteiger partial charge is 0.392 e. The van der Waals surface area contributed by atoms with E-state index in [4.69, 9.17) is 0 Å². The summed E-state index contributed by atoms with van der Waals surface area (Å²) in [5.74, 6) is -0.929. The molecule has 0 aromatic heterocycles. The summed E-state index contributed by atoms with van der Waals surface area (Å²) in [6.07, 6.45) is 0.782. The summed E-state index contributed by atoms with van der Waals surface area (Å²) in [7, 11) is 0. The Morgan fingerprint density at radius 3 is 2.47 bits per heavy atom. The number of aliphatic hydroxyl groups excluding tert-OH is 1. The molecule has 0 radical (unpaired) electrons. The van der Waals surface area contributed by atoms with Crippen LogP contribution in [-0.2, 0) is 4.79 Å². The van der Waals surface area contributed by atoms with Gasteiger partial charge in [0.05, 0.1) is 17.3 Å². The fourth-order valence-electron chi connectivity index (χ4n) is 4.10. The molecule has 2 aliphatic carbocycles. The van der Waals surface area contributed by atoms with Gasteiger partial charge < -0.3 is 15.3 Å². The van der Waals surface area contributed by atoms with E-state index >= 15 is 0 Å². The lowest BCUT2D eigenvalue weighted by atomic mass is 9.54. The Kier molecular flexibility index (Phi) is 3.57. The van der Waals surface area contributed by atoms with Gasteiger partial charge in [-0.2, -0.15) is 0 Å². The van der Waals surface area contributed by atoms with Crippen molar-refractivity contribution in [2.75, 3.05) is 0 Å². The van der Waals surface area contributed by atoms with Crippen LogP contribution in [0, 0.1) is 23.7 Å². The van der Waals surface area contributed by atoms with Gasteiger partial charge in [0.15, 0.2) is 0 Å². The maximum absolute atomic E-state index is 12.0. The number of ketones is 1. The Labute approximate surface area is 114 Å². The van der Waals surface area contributed by atoms with Crippen LogP contribution in [0.1, 0.15) is 47.0 Å². The third kappa shape index (κ3) is 2.46. The highest BCUT2D eigenvalue weighted by molar-refractivity contribution is 5.82. The minimum atomic E-state index is -0.927. The Bertz CT molecular complexity index is 369. The van der Waals surface area contributed by atoms with E-state index in [-0.39, 0.29) is 23.5 Å². The minimum absolute atomic E-state index is 0.0189.